The lowest BCUT2D eigenvalue weighted by molar-refractivity contribution is -0.118. The molecule has 0 aliphatic rings. The minimum Gasteiger partial charge on any atom is -0.441 e. The molecular formula is C20H21N3O4S. The standard InChI is InChI=1S/C20H21N3O4S/c1-14-6-8-16(9-7-14)20-23-18(15(2)27-20)12-28(25,26)13-19(24)22-11-17-5-3-4-10-21-17/h3-10H,11-13H2,1-2H3,(H,22,24). The van der Waals surface area contributed by atoms with Crippen molar-refractivity contribution in [2.24, 2.45) is 0 Å². The maximum Gasteiger partial charge on any atom is 0.235 e. The molecule has 1 aromatic carbocycles. The van der Waals surface area contributed by atoms with Gasteiger partial charge in [0.2, 0.25) is 11.8 Å². The highest BCUT2D eigenvalue weighted by atomic mass is 32.2. The van der Waals surface area contributed by atoms with E-state index in [1.165, 1.54) is 0 Å². The van der Waals surface area contributed by atoms with Gasteiger partial charge in [0.1, 0.15) is 11.5 Å². The van der Waals surface area contributed by atoms with Crippen LogP contribution in [0.2, 0.25) is 0 Å². The van der Waals surface area contributed by atoms with Gasteiger partial charge in [0.25, 0.3) is 0 Å². The summed E-state index contributed by atoms with van der Waals surface area (Å²) in [7, 11) is -3.69. The zero-order valence-electron chi connectivity index (χ0n) is 15.7. The Balaban J connectivity index is 1.63. The van der Waals surface area contributed by atoms with E-state index in [9.17, 15) is 13.2 Å². The molecule has 0 spiro atoms. The summed E-state index contributed by atoms with van der Waals surface area (Å²) in [5.74, 6) is -0.766. The molecule has 0 saturated heterocycles. The summed E-state index contributed by atoms with van der Waals surface area (Å²) in [6.45, 7) is 3.81. The van der Waals surface area contributed by atoms with E-state index >= 15 is 0 Å². The van der Waals surface area contributed by atoms with Gasteiger partial charge in [0, 0.05) is 11.8 Å². The van der Waals surface area contributed by atoms with Gasteiger partial charge in [-0.05, 0) is 38.1 Å². The molecule has 2 heterocycles. The first-order valence-electron chi connectivity index (χ1n) is 8.73. The van der Waals surface area contributed by atoms with E-state index in [4.69, 9.17) is 4.42 Å². The summed E-state index contributed by atoms with van der Waals surface area (Å²) in [6.07, 6.45) is 1.61. The fourth-order valence-corrected chi connectivity index (χ4v) is 3.87. The van der Waals surface area contributed by atoms with Crippen molar-refractivity contribution in [3.05, 3.63) is 71.4 Å². The third-order valence-corrected chi connectivity index (χ3v) is 5.51. The van der Waals surface area contributed by atoms with Crippen molar-refractivity contribution in [3.63, 3.8) is 0 Å². The largest absolute Gasteiger partial charge is 0.441 e. The fourth-order valence-electron chi connectivity index (χ4n) is 2.58. The van der Waals surface area contributed by atoms with Gasteiger partial charge < -0.3 is 9.73 Å². The molecule has 0 aliphatic heterocycles. The smallest absolute Gasteiger partial charge is 0.235 e. The number of sulfone groups is 1. The van der Waals surface area contributed by atoms with Gasteiger partial charge in [-0.25, -0.2) is 13.4 Å². The van der Waals surface area contributed by atoms with E-state index < -0.39 is 21.5 Å². The summed E-state index contributed by atoms with van der Waals surface area (Å²) < 4.78 is 30.4. The molecule has 0 unspecified atom stereocenters. The molecule has 0 aliphatic carbocycles. The number of carbonyl (C=O) groups excluding carboxylic acids is 1. The van der Waals surface area contributed by atoms with Crippen LogP contribution in [0.5, 0.6) is 0 Å². The van der Waals surface area contributed by atoms with Gasteiger partial charge in [0.15, 0.2) is 9.84 Å². The summed E-state index contributed by atoms with van der Waals surface area (Å²) in [5.41, 5.74) is 2.84. The van der Waals surface area contributed by atoms with Crippen LogP contribution in [0.15, 0.2) is 53.1 Å². The number of pyridine rings is 1. The van der Waals surface area contributed by atoms with Crippen molar-refractivity contribution >= 4 is 15.7 Å². The molecule has 0 saturated carbocycles. The van der Waals surface area contributed by atoms with Crippen LogP contribution in [-0.2, 0) is 26.9 Å². The average Bonchev–Trinajstić information content (AvgIpc) is 3.01. The molecule has 0 radical (unpaired) electrons. The van der Waals surface area contributed by atoms with Crippen LogP contribution in [0, 0.1) is 13.8 Å². The van der Waals surface area contributed by atoms with Gasteiger partial charge in [-0.15, -0.1) is 0 Å². The number of oxazole rings is 1. The van der Waals surface area contributed by atoms with Crippen molar-refractivity contribution in [2.75, 3.05) is 5.75 Å². The Hall–Kier alpha value is -3.00. The highest BCUT2D eigenvalue weighted by Gasteiger charge is 2.22. The van der Waals surface area contributed by atoms with Crippen LogP contribution in [0.3, 0.4) is 0 Å². The second kappa shape index (κ2) is 8.35. The molecular weight excluding hydrogens is 378 g/mol. The number of hydrogen-bond acceptors (Lipinski definition) is 6. The highest BCUT2D eigenvalue weighted by molar-refractivity contribution is 7.91. The predicted octanol–water partition coefficient (Wildman–Crippen LogP) is 2.58. The van der Waals surface area contributed by atoms with Crippen molar-refractivity contribution in [1.29, 1.82) is 0 Å². The molecule has 146 valence electrons. The lowest BCUT2D eigenvalue weighted by Gasteiger charge is -2.05. The minimum atomic E-state index is -3.69. The lowest BCUT2D eigenvalue weighted by atomic mass is 10.1. The van der Waals surface area contributed by atoms with Crippen LogP contribution in [0.25, 0.3) is 11.5 Å². The highest BCUT2D eigenvalue weighted by Crippen LogP contribution is 2.23. The topological polar surface area (TPSA) is 102 Å². The molecule has 28 heavy (non-hydrogen) atoms. The van der Waals surface area contributed by atoms with E-state index in [0.717, 1.165) is 11.1 Å². The third kappa shape index (κ3) is 5.26. The first-order valence-corrected chi connectivity index (χ1v) is 10.5. The maximum absolute atomic E-state index is 12.4. The van der Waals surface area contributed by atoms with E-state index in [-0.39, 0.29) is 12.3 Å². The number of aromatic nitrogens is 2. The van der Waals surface area contributed by atoms with E-state index in [2.05, 4.69) is 15.3 Å². The van der Waals surface area contributed by atoms with Crippen LogP contribution >= 0.6 is 0 Å². The summed E-state index contributed by atoms with van der Waals surface area (Å²) in [4.78, 5) is 20.4. The Labute approximate surface area is 163 Å². The van der Waals surface area contributed by atoms with Gasteiger partial charge in [-0.3, -0.25) is 9.78 Å². The summed E-state index contributed by atoms with van der Waals surface area (Å²) in [6, 6.07) is 12.9. The normalized spacial score (nSPS) is 11.4. The molecule has 8 heteroatoms. The van der Waals surface area contributed by atoms with E-state index in [0.29, 0.717) is 23.0 Å². The zero-order chi connectivity index (χ0) is 20.1. The van der Waals surface area contributed by atoms with Gasteiger partial charge in [-0.2, -0.15) is 0 Å². The summed E-state index contributed by atoms with van der Waals surface area (Å²) in [5, 5.41) is 2.57. The number of nitrogens with one attached hydrogen (secondary N) is 1. The minimum absolute atomic E-state index is 0.176. The number of nitrogens with zero attached hydrogens (tertiary/aromatic N) is 2. The summed E-state index contributed by atoms with van der Waals surface area (Å²) >= 11 is 0. The first kappa shape index (κ1) is 19.8. The molecule has 3 rings (SSSR count). The molecule has 0 atom stereocenters. The van der Waals surface area contributed by atoms with Crippen LogP contribution in [-0.4, -0.2) is 30.0 Å². The van der Waals surface area contributed by atoms with Crippen LogP contribution < -0.4 is 5.32 Å². The predicted molar refractivity (Wildman–Crippen MR) is 105 cm³/mol. The number of aryl methyl sites for hydroxylation is 2. The van der Waals surface area contributed by atoms with E-state index in [1.807, 2.05) is 31.2 Å². The number of benzene rings is 1. The number of amides is 1. The Morgan fingerprint density at radius 2 is 1.86 bits per heavy atom. The zero-order valence-corrected chi connectivity index (χ0v) is 16.5. The first-order chi connectivity index (χ1) is 13.3. The Morgan fingerprint density at radius 3 is 2.54 bits per heavy atom. The Morgan fingerprint density at radius 1 is 1.11 bits per heavy atom. The van der Waals surface area contributed by atoms with Crippen LogP contribution in [0.4, 0.5) is 0 Å². The molecule has 1 amide bonds. The number of hydrogen-bond donors (Lipinski definition) is 1. The monoisotopic (exact) mass is 399 g/mol. The Bertz CT molecular complexity index is 1060. The van der Waals surface area contributed by atoms with Crippen molar-refractivity contribution in [2.45, 2.75) is 26.1 Å². The molecule has 0 fully saturated rings. The average molecular weight is 399 g/mol. The van der Waals surface area contributed by atoms with Crippen LogP contribution in [0.1, 0.15) is 22.7 Å². The fraction of sp³-hybridized carbons (Fsp3) is 0.250. The molecule has 7 nitrogen and oxygen atoms in total. The number of rotatable bonds is 7. The Kier molecular flexibility index (Phi) is 5.89. The molecule has 0 bridgehead atoms. The quantitative estimate of drug-likeness (QED) is 0.655. The van der Waals surface area contributed by atoms with Crippen molar-refractivity contribution < 1.29 is 17.6 Å². The van der Waals surface area contributed by atoms with Crippen molar-refractivity contribution in [3.8, 4) is 11.5 Å². The van der Waals surface area contributed by atoms with Gasteiger partial charge >= 0.3 is 0 Å². The van der Waals surface area contributed by atoms with Gasteiger partial charge in [0.05, 0.1) is 23.7 Å². The second-order valence-corrected chi connectivity index (χ2v) is 8.58. The molecule has 1 N–H and O–H groups in total. The van der Waals surface area contributed by atoms with Crippen molar-refractivity contribution in [1.82, 2.24) is 15.3 Å². The number of carbonyl (C=O) groups is 1. The molecule has 3 aromatic rings. The molecule has 2 aromatic heterocycles. The third-order valence-electron chi connectivity index (χ3n) is 4.09. The second-order valence-electron chi connectivity index (χ2n) is 6.52. The lowest BCUT2D eigenvalue weighted by Crippen LogP contribution is -2.30. The van der Waals surface area contributed by atoms with Gasteiger partial charge in [-0.1, -0.05) is 23.8 Å². The van der Waals surface area contributed by atoms with E-state index in [1.54, 1.807) is 31.3 Å². The maximum atomic E-state index is 12.4. The SMILES string of the molecule is Cc1ccc(-c2nc(CS(=O)(=O)CC(=O)NCc3ccccn3)c(C)o2)cc1.